The van der Waals surface area contributed by atoms with Gasteiger partial charge in [0.1, 0.15) is 0 Å². The fourth-order valence-corrected chi connectivity index (χ4v) is 2.66. The first-order valence-electron chi connectivity index (χ1n) is 7.15. The van der Waals surface area contributed by atoms with Gasteiger partial charge in [-0.25, -0.2) is 0 Å². The summed E-state index contributed by atoms with van der Waals surface area (Å²) in [5.41, 5.74) is 9.74. The predicted molar refractivity (Wildman–Crippen MR) is 87.0 cm³/mol. The molecule has 3 nitrogen and oxygen atoms in total. The Bertz CT molecular complexity index is 677. The molecule has 0 fully saturated rings. The molecular weight excluding hydrogens is 260 g/mol. The monoisotopic (exact) mass is 278 g/mol. The summed E-state index contributed by atoms with van der Waals surface area (Å²) in [7, 11) is 0. The number of carbonyl (C=O) groups excluding carboxylic acids is 1. The molecule has 0 radical (unpaired) electrons. The summed E-state index contributed by atoms with van der Waals surface area (Å²) >= 11 is 0. The minimum absolute atomic E-state index is 0.113. The van der Waals surface area contributed by atoms with Gasteiger partial charge in [0.05, 0.1) is 11.4 Å². The molecule has 106 valence electrons. The fourth-order valence-electron chi connectivity index (χ4n) is 2.66. The third-order valence-corrected chi connectivity index (χ3v) is 3.73. The Morgan fingerprint density at radius 1 is 1.10 bits per heavy atom. The Balaban J connectivity index is 1.76. The second-order valence-corrected chi connectivity index (χ2v) is 5.18. The van der Waals surface area contributed by atoms with Gasteiger partial charge in [-0.05, 0) is 18.1 Å². The quantitative estimate of drug-likeness (QED) is 0.876. The topological polar surface area (TPSA) is 46.3 Å². The maximum atomic E-state index is 12.5. The lowest BCUT2D eigenvalue weighted by Crippen LogP contribution is -2.33. The SMILES string of the molecule is Nc1cccc2c1N(C(=O)CCc1ccccc1)CC=C2. The van der Waals surface area contributed by atoms with Crippen LogP contribution in [0.3, 0.4) is 0 Å². The number of nitrogens with zero attached hydrogens (tertiary/aromatic N) is 1. The van der Waals surface area contributed by atoms with Crippen molar-refractivity contribution in [1.29, 1.82) is 0 Å². The van der Waals surface area contributed by atoms with Crippen molar-refractivity contribution in [2.24, 2.45) is 0 Å². The molecule has 0 saturated carbocycles. The number of benzene rings is 2. The maximum Gasteiger partial charge on any atom is 0.227 e. The van der Waals surface area contributed by atoms with Crippen molar-refractivity contribution in [2.75, 3.05) is 17.2 Å². The Labute approximate surface area is 124 Å². The molecule has 0 spiro atoms. The molecule has 21 heavy (non-hydrogen) atoms. The molecule has 0 atom stereocenters. The number of nitrogens with two attached hydrogens (primary N) is 1. The van der Waals surface area contributed by atoms with Crippen LogP contribution in [-0.4, -0.2) is 12.5 Å². The first-order chi connectivity index (χ1) is 10.3. The number of fused-ring (bicyclic) bond motifs is 1. The largest absolute Gasteiger partial charge is 0.397 e. The molecule has 0 unspecified atom stereocenters. The molecule has 1 aliphatic heterocycles. The number of nitrogen functional groups attached to an aromatic ring is 1. The van der Waals surface area contributed by atoms with Gasteiger partial charge in [0.2, 0.25) is 5.91 Å². The van der Waals surface area contributed by atoms with Crippen LogP contribution in [0.4, 0.5) is 11.4 Å². The molecule has 2 aromatic carbocycles. The second-order valence-electron chi connectivity index (χ2n) is 5.18. The van der Waals surface area contributed by atoms with Gasteiger partial charge in [0.15, 0.2) is 0 Å². The fraction of sp³-hybridized carbons (Fsp3) is 0.167. The van der Waals surface area contributed by atoms with Gasteiger partial charge in [-0.15, -0.1) is 0 Å². The molecule has 0 aromatic heterocycles. The molecule has 0 aliphatic carbocycles. The van der Waals surface area contributed by atoms with E-state index in [4.69, 9.17) is 5.73 Å². The number of hydrogen-bond acceptors (Lipinski definition) is 2. The summed E-state index contributed by atoms with van der Waals surface area (Å²) < 4.78 is 0. The number of hydrogen-bond donors (Lipinski definition) is 1. The van der Waals surface area contributed by atoms with E-state index in [-0.39, 0.29) is 5.91 Å². The third-order valence-electron chi connectivity index (χ3n) is 3.73. The van der Waals surface area contributed by atoms with Crippen LogP contribution in [0.25, 0.3) is 6.08 Å². The standard InChI is InChI=1S/C18H18N2O/c19-16-10-4-8-15-9-5-13-20(18(15)16)17(21)12-11-14-6-2-1-3-7-14/h1-10H,11-13,19H2. The Hall–Kier alpha value is -2.55. The molecule has 1 heterocycles. The summed E-state index contributed by atoms with van der Waals surface area (Å²) in [6.07, 6.45) is 5.27. The van der Waals surface area contributed by atoms with E-state index in [1.54, 1.807) is 4.90 Å². The Kier molecular flexibility index (Phi) is 3.73. The lowest BCUT2D eigenvalue weighted by Gasteiger charge is -2.27. The summed E-state index contributed by atoms with van der Waals surface area (Å²) in [5.74, 6) is 0.113. The van der Waals surface area contributed by atoms with Crippen LogP contribution in [0, 0.1) is 0 Å². The Morgan fingerprint density at radius 2 is 1.90 bits per heavy atom. The molecular formula is C18H18N2O. The van der Waals surface area contributed by atoms with E-state index in [0.29, 0.717) is 18.7 Å². The summed E-state index contributed by atoms with van der Waals surface area (Å²) in [6, 6.07) is 15.8. The van der Waals surface area contributed by atoms with Gasteiger partial charge < -0.3 is 10.6 Å². The molecule has 3 heteroatoms. The first-order valence-corrected chi connectivity index (χ1v) is 7.15. The number of anilines is 2. The minimum atomic E-state index is 0.113. The highest BCUT2D eigenvalue weighted by atomic mass is 16.2. The zero-order valence-corrected chi connectivity index (χ0v) is 11.8. The van der Waals surface area contributed by atoms with E-state index >= 15 is 0 Å². The minimum Gasteiger partial charge on any atom is -0.397 e. The zero-order chi connectivity index (χ0) is 14.7. The normalized spacial score (nSPS) is 13.0. The van der Waals surface area contributed by atoms with Crippen LogP contribution in [0.15, 0.2) is 54.6 Å². The highest BCUT2D eigenvalue weighted by molar-refractivity contribution is 6.00. The number of rotatable bonds is 3. The first kappa shape index (κ1) is 13.4. The van der Waals surface area contributed by atoms with Crippen LogP contribution < -0.4 is 10.6 Å². The zero-order valence-electron chi connectivity index (χ0n) is 11.8. The van der Waals surface area contributed by atoms with Crippen LogP contribution in [0.1, 0.15) is 17.5 Å². The lowest BCUT2D eigenvalue weighted by atomic mass is 10.0. The van der Waals surface area contributed by atoms with Crippen LogP contribution in [0.2, 0.25) is 0 Å². The van der Waals surface area contributed by atoms with Crippen molar-refractivity contribution in [3.63, 3.8) is 0 Å². The van der Waals surface area contributed by atoms with E-state index < -0.39 is 0 Å². The average molecular weight is 278 g/mol. The van der Waals surface area contributed by atoms with Gasteiger partial charge in [-0.1, -0.05) is 54.6 Å². The molecule has 2 N–H and O–H groups in total. The van der Waals surface area contributed by atoms with Crippen molar-refractivity contribution in [1.82, 2.24) is 0 Å². The van der Waals surface area contributed by atoms with Gasteiger partial charge in [0, 0.05) is 18.5 Å². The molecule has 3 rings (SSSR count). The van der Waals surface area contributed by atoms with E-state index in [0.717, 1.165) is 17.7 Å². The highest BCUT2D eigenvalue weighted by Crippen LogP contribution is 2.32. The lowest BCUT2D eigenvalue weighted by molar-refractivity contribution is -0.118. The van der Waals surface area contributed by atoms with Crippen molar-refractivity contribution in [2.45, 2.75) is 12.8 Å². The molecule has 1 aliphatic rings. The number of carbonyl (C=O) groups is 1. The maximum absolute atomic E-state index is 12.5. The molecule has 0 saturated heterocycles. The van der Waals surface area contributed by atoms with Gasteiger partial charge in [-0.3, -0.25) is 4.79 Å². The number of para-hydroxylation sites is 1. The second kappa shape index (κ2) is 5.83. The van der Waals surface area contributed by atoms with Crippen molar-refractivity contribution < 1.29 is 4.79 Å². The molecule has 2 aromatic rings. The number of aryl methyl sites for hydroxylation is 1. The van der Waals surface area contributed by atoms with Crippen LogP contribution in [-0.2, 0) is 11.2 Å². The van der Waals surface area contributed by atoms with Gasteiger partial charge in [0.25, 0.3) is 0 Å². The Morgan fingerprint density at radius 3 is 2.71 bits per heavy atom. The predicted octanol–water partition coefficient (Wildman–Crippen LogP) is 3.26. The van der Waals surface area contributed by atoms with E-state index in [2.05, 4.69) is 0 Å². The van der Waals surface area contributed by atoms with E-state index in [9.17, 15) is 4.79 Å². The van der Waals surface area contributed by atoms with E-state index in [1.807, 2.05) is 60.7 Å². The van der Waals surface area contributed by atoms with E-state index in [1.165, 1.54) is 5.56 Å². The van der Waals surface area contributed by atoms with Crippen LogP contribution in [0.5, 0.6) is 0 Å². The van der Waals surface area contributed by atoms with Crippen molar-refractivity contribution in [3.8, 4) is 0 Å². The summed E-state index contributed by atoms with van der Waals surface area (Å²) in [5, 5.41) is 0. The summed E-state index contributed by atoms with van der Waals surface area (Å²) in [4.78, 5) is 14.3. The molecule has 1 amide bonds. The van der Waals surface area contributed by atoms with Crippen molar-refractivity contribution in [3.05, 3.63) is 65.7 Å². The van der Waals surface area contributed by atoms with Crippen LogP contribution >= 0.6 is 0 Å². The smallest absolute Gasteiger partial charge is 0.227 e. The third kappa shape index (κ3) is 2.82. The summed E-state index contributed by atoms with van der Waals surface area (Å²) in [6.45, 7) is 0.592. The average Bonchev–Trinajstić information content (AvgIpc) is 2.53. The van der Waals surface area contributed by atoms with Crippen molar-refractivity contribution >= 4 is 23.4 Å². The highest BCUT2D eigenvalue weighted by Gasteiger charge is 2.21. The molecule has 0 bridgehead atoms. The van der Waals surface area contributed by atoms with Gasteiger partial charge >= 0.3 is 0 Å². The van der Waals surface area contributed by atoms with Gasteiger partial charge in [-0.2, -0.15) is 0 Å². The number of amides is 1.